The van der Waals surface area contributed by atoms with E-state index < -0.39 is 12.1 Å². The van der Waals surface area contributed by atoms with Crippen LogP contribution in [-0.4, -0.2) is 59.2 Å². The Labute approximate surface area is 199 Å². The van der Waals surface area contributed by atoms with Gasteiger partial charge in [-0.25, -0.2) is 0 Å². The molecule has 2 fully saturated rings. The van der Waals surface area contributed by atoms with Crippen LogP contribution in [0.2, 0.25) is 5.02 Å². The second kappa shape index (κ2) is 10.8. The summed E-state index contributed by atoms with van der Waals surface area (Å²) in [5.74, 6) is 0.344. The fraction of sp³-hybridized carbons (Fsp3) is 0.423. The van der Waals surface area contributed by atoms with E-state index in [1.54, 1.807) is 34.1 Å². The zero-order valence-corrected chi connectivity index (χ0v) is 19.4. The van der Waals surface area contributed by atoms with Gasteiger partial charge in [0.05, 0.1) is 6.04 Å². The average molecular weight is 469 g/mol. The molecule has 174 valence electrons. The molecule has 33 heavy (non-hydrogen) atoms. The first-order valence-corrected chi connectivity index (χ1v) is 12.0. The molecule has 0 spiro atoms. The molecule has 0 unspecified atom stereocenters. The number of aryl methyl sites for hydroxylation is 1. The van der Waals surface area contributed by atoms with Crippen molar-refractivity contribution < 1.29 is 19.1 Å². The van der Waals surface area contributed by atoms with Crippen molar-refractivity contribution >= 4 is 29.2 Å². The van der Waals surface area contributed by atoms with E-state index in [1.807, 2.05) is 30.3 Å². The summed E-state index contributed by atoms with van der Waals surface area (Å²) in [6.45, 7) is 1.04. The minimum absolute atomic E-state index is 0.00264. The van der Waals surface area contributed by atoms with Crippen molar-refractivity contribution in [2.75, 3.05) is 19.7 Å². The lowest BCUT2D eigenvalue weighted by Gasteiger charge is -2.31. The lowest BCUT2D eigenvalue weighted by molar-refractivity contribution is -0.146. The molecule has 2 amide bonds. The Balaban J connectivity index is 1.34. The van der Waals surface area contributed by atoms with Gasteiger partial charge >= 0.3 is 0 Å². The number of carbonyl (C=O) groups excluding carboxylic acids is 3. The SMILES string of the molecule is O=C(COc1ccc(Cl)cc1)[C@@H]1CCCN1C(=O)[C@H]1CCCN1C(=O)CCc1ccccc1. The monoisotopic (exact) mass is 468 g/mol. The van der Waals surface area contributed by atoms with Crippen molar-refractivity contribution in [2.45, 2.75) is 50.6 Å². The van der Waals surface area contributed by atoms with Gasteiger partial charge in [-0.05, 0) is 61.9 Å². The van der Waals surface area contributed by atoms with Gasteiger partial charge in [-0.3, -0.25) is 14.4 Å². The number of likely N-dealkylation sites (tertiary alicyclic amines) is 2. The van der Waals surface area contributed by atoms with Crippen LogP contribution >= 0.6 is 11.6 Å². The van der Waals surface area contributed by atoms with Gasteiger partial charge in [0.1, 0.15) is 18.4 Å². The maximum Gasteiger partial charge on any atom is 0.245 e. The minimum atomic E-state index is -0.494. The average Bonchev–Trinajstić information content (AvgIpc) is 3.52. The van der Waals surface area contributed by atoms with E-state index in [-0.39, 0.29) is 24.2 Å². The molecule has 0 saturated carbocycles. The number of ether oxygens (including phenoxy) is 1. The first-order valence-electron chi connectivity index (χ1n) is 11.6. The van der Waals surface area contributed by atoms with Crippen molar-refractivity contribution in [3.05, 3.63) is 65.2 Å². The molecule has 2 aromatic carbocycles. The van der Waals surface area contributed by atoms with Crippen molar-refractivity contribution in [3.8, 4) is 5.75 Å². The van der Waals surface area contributed by atoms with Gasteiger partial charge in [-0.15, -0.1) is 0 Å². The highest BCUT2D eigenvalue weighted by Crippen LogP contribution is 2.26. The third kappa shape index (κ3) is 5.74. The number of nitrogens with zero attached hydrogens (tertiary/aromatic N) is 2. The van der Waals surface area contributed by atoms with Crippen LogP contribution in [0, 0.1) is 0 Å². The van der Waals surface area contributed by atoms with Crippen LogP contribution in [0.3, 0.4) is 0 Å². The number of rotatable bonds is 8. The zero-order valence-electron chi connectivity index (χ0n) is 18.6. The lowest BCUT2D eigenvalue weighted by Crippen LogP contribution is -2.51. The first-order chi connectivity index (χ1) is 16.0. The van der Waals surface area contributed by atoms with E-state index in [1.165, 1.54) is 0 Å². The van der Waals surface area contributed by atoms with Crippen LogP contribution in [0.15, 0.2) is 54.6 Å². The minimum Gasteiger partial charge on any atom is -0.486 e. The smallest absolute Gasteiger partial charge is 0.245 e. The van der Waals surface area contributed by atoms with Gasteiger partial charge in [0.25, 0.3) is 0 Å². The highest BCUT2D eigenvalue weighted by atomic mass is 35.5. The van der Waals surface area contributed by atoms with Crippen LogP contribution in [0.4, 0.5) is 0 Å². The van der Waals surface area contributed by atoms with Crippen molar-refractivity contribution in [1.29, 1.82) is 0 Å². The fourth-order valence-corrected chi connectivity index (χ4v) is 4.83. The fourth-order valence-electron chi connectivity index (χ4n) is 4.70. The number of halogens is 1. The van der Waals surface area contributed by atoms with Gasteiger partial charge in [-0.1, -0.05) is 41.9 Å². The molecule has 0 aliphatic carbocycles. The zero-order chi connectivity index (χ0) is 23.2. The van der Waals surface area contributed by atoms with Crippen molar-refractivity contribution in [2.24, 2.45) is 0 Å². The predicted molar refractivity (Wildman–Crippen MR) is 126 cm³/mol. The van der Waals surface area contributed by atoms with E-state index in [2.05, 4.69) is 0 Å². The third-order valence-corrected chi connectivity index (χ3v) is 6.68. The van der Waals surface area contributed by atoms with Gasteiger partial charge in [0, 0.05) is 24.5 Å². The quantitative estimate of drug-likeness (QED) is 0.589. The predicted octanol–water partition coefficient (Wildman–Crippen LogP) is 3.90. The molecule has 4 rings (SSSR count). The van der Waals surface area contributed by atoms with E-state index in [9.17, 15) is 14.4 Å². The summed E-state index contributed by atoms with van der Waals surface area (Å²) in [5, 5.41) is 0.598. The number of Topliss-reactive ketones (excluding diaryl/α,β-unsaturated/α-hetero) is 1. The molecule has 0 aromatic heterocycles. The maximum atomic E-state index is 13.4. The summed E-state index contributed by atoms with van der Waals surface area (Å²) in [5.41, 5.74) is 1.11. The normalized spacial score (nSPS) is 20.2. The molecule has 2 aliphatic heterocycles. The highest BCUT2D eigenvalue weighted by molar-refractivity contribution is 6.30. The number of hydrogen-bond acceptors (Lipinski definition) is 4. The number of amides is 2. The Morgan fingerprint density at radius 2 is 1.55 bits per heavy atom. The Morgan fingerprint density at radius 3 is 2.27 bits per heavy atom. The molecular formula is C26H29ClN2O4. The van der Waals surface area contributed by atoms with E-state index in [0.717, 1.165) is 18.4 Å². The van der Waals surface area contributed by atoms with E-state index >= 15 is 0 Å². The molecule has 6 nitrogen and oxygen atoms in total. The first kappa shape index (κ1) is 23.3. The molecule has 2 saturated heterocycles. The molecular weight excluding hydrogens is 440 g/mol. The summed E-state index contributed by atoms with van der Waals surface area (Å²) in [7, 11) is 0. The summed E-state index contributed by atoms with van der Waals surface area (Å²) in [6.07, 6.45) is 3.89. The van der Waals surface area contributed by atoms with Gasteiger partial charge in [0.2, 0.25) is 11.8 Å². The van der Waals surface area contributed by atoms with Crippen LogP contribution in [0.1, 0.15) is 37.7 Å². The summed E-state index contributed by atoms with van der Waals surface area (Å²) in [6, 6.07) is 15.8. The van der Waals surface area contributed by atoms with Gasteiger partial charge < -0.3 is 14.5 Å². The summed E-state index contributed by atoms with van der Waals surface area (Å²) < 4.78 is 5.61. The second-order valence-corrected chi connectivity index (χ2v) is 9.07. The molecule has 0 radical (unpaired) electrons. The summed E-state index contributed by atoms with van der Waals surface area (Å²) in [4.78, 5) is 42.5. The molecule has 2 aromatic rings. The second-order valence-electron chi connectivity index (χ2n) is 8.63. The van der Waals surface area contributed by atoms with Crippen LogP contribution in [0.5, 0.6) is 5.75 Å². The van der Waals surface area contributed by atoms with Crippen LogP contribution in [-0.2, 0) is 20.8 Å². The number of carbonyl (C=O) groups is 3. The third-order valence-electron chi connectivity index (χ3n) is 6.43. The van der Waals surface area contributed by atoms with Crippen molar-refractivity contribution in [1.82, 2.24) is 9.80 Å². The summed E-state index contributed by atoms with van der Waals surface area (Å²) >= 11 is 5.88. The number of benzene rings is 2. The topological polar surface area (TPSA) is 66.9 Å². The van der Waals surface area contributed by atoms with E-state index in [4.69, 9.17) is 16.3 Å². The highest BCUT2D eigenvalue weighted by Gasteiger charge is 2.41. The molecule has 2 heterocycles. The maximum absolute atomic E-state index is 13.4. The Hall–Kier alpha value is -2.86. The molecule has 7 heteroatoms. The Morgan fingerprint density at radius 1 is 0.879 bits per heavy atom. The Bertz CT molecular complexity index is 980. The van der Waals surface area contributed by atoms with Crippen LogP contribution < -0.4 is 4.74 Å². The number of hydrogen-bond donors (Lipinski definition) is 0. The largest absolute Gasteiger partial charge is 0.486 e. The number of ketones is 1. The lowest BCUT2D eigenvalue weighted by atomic mass is 10.1. The van der Waals surface area contributed by atoms with Crippen molar-refractivity contribution in [3.63, 3.8) is 0 Å². The van der Waals surface area contributed by atoms with E-state index in [0.29, 0.717) is 49.5 Å². The standard InChI is InChI=1S/C26H29ClN2O4/c27-20-11-13-21(14-12-20)33-18-24(30)22-8-4-17-29(22)26(32)23-9-5-16-28(23)25(31)15-10-19-6-2-1-3-7-19/h1-3,6-7,11-14,22-23H,4-5,8-10,15-18H2/t22-,23+/m0/s1. The molecule has 2 atom stereocenters. The molecule has 0 N–H and O–H groups in total. The van der Waals surface area contributed by atoms with Gasteiger partial charge in [0.15, 0.2) is 5.78 Å². The Kier molecular flexibility index (Phi) is 7.65. The van der Waals surface area contributed by atoms with Gasteiger partial charge in [-0.2, -0.15) is 0 Å². The molecule has 2 aliphatic rings. The van der Waals surface area contributed by atoms with Crippen LogP contribution in [0.25, 0.3) is 0 Å². The molecule has 0 bridgehead atoms.